The lowest BCUT2D eigenvalue weighted by Crippen LogP contribution is -2.53. The average molecular weight is 454 g/mol. The summed E-state index contributed by atoms with van der Waals surface area (Å²) in [5.41, 5.74) is -0.628. The first kappa shape index (κ1) is 21.2. The monoisotopic (exact) mass is 454 g/mol. The molecule has 9 nitrogen and oxygen atoms in total. The second-order valence-electron chi connectivity index (χ2n) is 8.78. The third kappa shape index (κ3) is 3.77. The molecule has 5 rings (SSSR count). The summed E-state index contributed by atoms with van der Waals surface area (Å²) in [6, 6.07) is 2.77. The van der Waals surface area contributed by atoms with E-state index in [-0.39, 0.29) is 11.9 Å². The average Bonchev–Trinajstić information content (AvgIpc) is 3.56. The topological polar surface area (TPSA) is 91.0 Å². The number of nitrogens with one attached hydrogen (secondary N) is 1. The van der Waals surface area contributed by atoms with Crippen LogP contribution in [-0.2, 0) is 10.3 Å². The normalized spacial score (nSPS) is 24.2. The Labute approximate surface area is 189 Å². The van der Waals surface area contributed by atoms with Crippen LogP contribution in [0.25, 0.3) is 0 Å². The number of aromatic nitrogens is 3. The highest BCUT2D eigenvalue weighted by Gasteiger charge is 2.39. The third-order valence-corrected chi connectivity index (χ3v) is 6.30. The van der Waals surface area contributed by atoms with Crippen molar-refractivity contribution in [3.63, 3.8) is 0 Å². The zero-order valence-electron chi connectivity index (χ0n) is 18.3. The minimum absolute atomic E-state index is 0.251. The number of aliphatic imine (C=N–C) groups is 1. The molecule has 1 fully saturated rings. The summed E-state index contributed by atoms with van der Waals surface area (Å²) in [5, 5.41) is 13.1. The van der Waals surface area contributed by atoms with Gasteiger partial charge in [0.2, 0.25) is 5.91 Å². The number of benzene rings is 1. The third-order valence-electron chi connectivity index (χ3n) is 6.30. The molecule has 1 amide bonds. The summed E-state index contributed by atoms with van der Waals surface area (Å²) in [7, 11) is 0. The number of hydrogen-bond donors (Lipinski definition) is 1. The van der Waals surface area contributed by atoms with E-state index in [2.05, 4.69) is 20.5 Å². The smallest absolute Gasteiger partial charge is 0.248 e. The Morgan fingerprint density at radius 2 is 2.12 bits per heavy atom. The maximum Gasteiger partial charge on any atom is 0.248 e. The summed E-state index contributed by atoms with van der Waals surface area (Å²) in [6.07, 6.45) is 9.18. The van der Waals surface area contributed by atoms with Gasteiger partial charge in [0.1, 0.15) is 41.7 Å². The lowest BCUT2D eigenvalue weighted by molar-refractivity contribution is -0.129. The minimum Gasteiger partial charge on any atom is -0.350 e. The predicted molar refractivity (Wildman–Crippen MR) is 117 cm³/mol. The number of likely N-dealkylation sites (tertiary alicyclic amines) is 1. The molecule has 3 aliphatic rings. The van der Waals surface area contributed by atoms with Crippen LogP contribution in [0, 0.1) is 11.6 Å². The number of hydrogen-bond acceptors (Lipinski definition) is 7. The fraction of sp³-hybridized carbons (Fsp3) is 0.409. The number of hydrazone groups is 1. The quantitative estimate of drug-likeness (QED) is 0.765. The van der Waals surface area contributed by atoms with Gasteiger partial charge in [0.25, 0.3) is 0 Å². The number of carbonyl (C=O) groups is 1. The number of fused-ring (bicyclic) bond motifs is 1. The van der Waals surface area contributed by atoms with Crippen molar-refractivity contribution in [2.75, 3.05) is 6.54 Å². The number of carbonyl (C=O) groups excluding carboxylic acids is 1. The Bertz CT molecular complexity index is 1140. The lowest BCUT2D eigenvalue weighted by Gasteiger charge is -2.33. The molecule has 1 N–H and O–H groups in total. The Balaban J connectivity index is 1.36. The van der Waals surface area contributed by atoms with E-state index in [9.17, 15) is 13.6 Å². The largest absolute Gasteiger partial charge is 0.350 e. The highest BCUT2D eigenvalue weighted by Crippen LogP contribution is 2.35. The molecule has 3 atom stereocenters. The molecule has 2 aromatic rings. The van der Waals surface area contributed by atoms with Gasteiger partial charge in [-0.1, -0.05) is 0 Å². The number of halogens is 2. The second kappa shape index (κ2) is 8.05. The Hall–Kier alpha value is -3.63. The molecular weight excluding hydrogens is 430 g/mol. The van der Waals surface area contributed by atoms with Crippen molar-refractivity contribution in [3.8, 4) is 0 Å². The van der Waals surface area contributed by atoms with Crippen LogP contribution in [0.1, 0.15) is 38.3 Å². The van der Waals surface area contributed by atoms with Crippen LogP contribution in [-0.4, -0.2) is 61.4 Å². The summed E-state index contributed by atoms with van der Waals surface area (Å²) in [6.45, 7) is 4.17. The van der Waals surface area contributed by atoms with Crippen molar-refractivity contribution < 1.29 is 13.6 Å². The van der Waals surface area contributed by atoms with Crippen LogP contribution in [0.3, 0.4) is 0 Å². The molecule has 3 aliphatic heterocycles. The standard InChI is InChI=1S/C22H24F2N8O/c1-22(2,32-13-25-12-27-32)21(33)28-17-11-26-31-9-7-19(29-20(17)31)30-8-3-4-18(30)15-10-14(23)5-6-16(15)24/h5-7,9-13,17-18,20H,3-4,8H2,1-2H3,(H,28,33)/t17?,18-,20?/m1/s1. The summed E-state index contributed by atoms with van der Waals surface area (Å²) in [5.74, 6) is -0.492. The van der Waals surface area contributed by atoms with E-state index >= 15 is 0 Å². The van der Waals surface area contributed by atoms with Crippen molar-refractivity contribution in [2.45, 2.75) is 50.5 Å². The molecule has 4 heterocycles. The highest BCUT2D eigenvalue weighted by atomic mass is 19.1. The van der Waals surface area contributed by atoms with Gasteiger partial charge in [0.05, 0.1) is 12.3 Å². The van der Waals surface area contributed by atoms with Gasteiger partial charge in [-0.15, -0.1) is 0 Å². The van der Waals surface area contributed by atoms with Gasteiger partial charge >= 0.3 is 0 Å². The van der Waals surface area contributed by atoms with E-state index in [1.165, 1.54) is 23.4 Å². The van der Waals surface area contributed by atoms with E-state index in [4.69, 9.17) is 4.99 Å². The van der Waals surface area contributed by atoms with E-state index in [1.807, 2.05) is 11.0 Å². The van der Waals surface area contributed by atoms with Crippen LogP contribution in [0.5, 0.6) is 0 Å². The molecule has 0 aliphatic carbocycles. The number of amidine groups is 1. The fourth-order valence-corrected chi connectivity index (χ4v) is 4.39. The van der Waals surface area contributed by atoms with Gasteiger partial charge in [-0.25, -0.2) is 28.4 Å². The van der Waals surface area contributed by atoms with Crippen LogP contribution >= 0.6 is 0 Å². The van der Waals surface area contributed by atoms with Gasteiger partial charge < -0.3 is 10.2 Å². The molecule has 1 aromatic carbocycles. The van der Waals surface area contributed by atoms with Gasteiger partial charge in [0.15, 0.2) is 6.17 Å². The van der Waals surface area contributed by atoms with Crippen LogP contribution in [0.15, 0.2) is 53.2 Å². The SMILES string of the molecule is CC(C)(C(=O)NC1C=NN2C=CC(N3CCC[C@@H]3c3cc(F)ccc3F)=NC12)n1cncn1. The van der Waals surface area contributed by atoms with Crippen LogP contribution in [0.2, 0.25) is 0 Å². The zero-order valence-corrected chi connectivity index (χ0v) is 18.3. The Kier molecular flexibility index (Phi) is 5.18. The van der Waals surface area contributed by atoms with Crippen molar-refractivity contribution in [2.24, 2.45) is 10.1 Å². The molecule has 2 unspecified atom stereocenters. The Morgan fingerprint density at radius 3 is 2.91 bits per heavy atom. The van der Waals surface area contributed by atoms with E-state index in [0.29, 0.717) is 24.4 Å². The van der Waals surface area contributed by atoms with Gasteiger partial charge in [-0.3, -0.25) is 4.79 Å². The van der Waals surface area contributed by atoms with Crippen LogP contribution in [0.4, 0.5) is 8.78 Å². The van der Waals surface area contributed by atoms with E-state index < -0.39 is 29.4 Å². The fourth-order valence-electron chi connectivity index (χ4n) is 4.39. The second-order valence-corrected chi connectivity index (χ2v) is 8.78. The summed E-state index contributed by atoms with van der Waals surface area (Å²) < 4.78 is 29.8. The number of rotatable bonds is 4. The molecule has 172 valence electrons. The summed E-state index contributed by atoms with van der Waals surface area (Å²) >= 11 is 0. The molecule has 0 saturated carbocycles. The molecule has 0 spiro atoms. The highest BCUT2D eigenvalue weighted by molar-refractivity contribution is 5.95. The van der Waals surface area contributed by atoms with E-state index in [0.717, 1.165) is 18.6 Å². The maximum absolute atomic E-state index is 14.5. The van der Waals surface area contributed by atoms with Crippen molar-refractivity contribution in [1.29, 1.82) is 0 Å². The molecule has 1 aromatic heterocycles. The van der Waals surface area contributed by atoms with Crippen molar-refractivity contribution >= 4 is 18.0 Å². The van der Waals surface area contributed by atoms with Crippen molar-refractivity contribution in [3.05, 3.63) is 60.3 Å². The Morgan fingerprint density at radius 1 is 1.27 bits per heavy atom. The first-order valence-electron chi connectivity index (χ1n) is 10.8. The minimum atomic E-state index is -0.955. The van der Waals surface area contributed by atoms with E-state index in [1.54, 1.807) is 31.3 Å². The molecule has 0 bridgehead atoms. The van der Waals surface area contributed by atoms with Gasteiger partial charge in [-0.05, 0) is 51.0 Å². The molecule has 1 saturated heterocycles. The maximum atomic E-state index is 14.5. The van der Waals surface area contributed by atoms with Gasteiger partial charge in [0, 0.05) is 18.3 Å². The summed E-state index contributed by atoms with van der Waals surface area (Å²) in [4.78, 5) is 23.7. The molecule has 33 heavy (non-hydrogen) atoms. The number of nitrogens with zero attached hydrogens (tertiary/aromatic N) is 7. The van der Waals surface area contributed by atoms with Crippen LogP contribution < -0.4 is 5.32 Å². The zero-order chi connectivity index (χ0) is 23.2. The first-order valence-corrected chi connectivity index (χ1v) is 10.8. The molecule has 11 heteroatoms. The first-order chi connectivity index (χ1) is 15.8. The van der Waals surface area contributed by atoms with Crippen molar-refractivity contribution in [1.82, 2.24) is 30.0 Å². The molecular formula is C22H24F2N8O. The number of amides is 1. The predicted octanol–water partition coefficient (Wildman–Crippen LogP) is 2.17. The lowest BCUT2D eigenvalue weighted by atomic mass is 10.0. The molecule has 0 radical (unpaired) electrons. The van der Waals surface area contributed by atoms with Gasteiger partial charge in [-0.2, -0.15) is 10.2 Å².